The third kappa shape index (κ3) is 5.60. The van der Waals surface area contributed by atoms with E-state index in [1.54, 1.807) is 31.4 Å². The number of fused-ring (bicyclic) bond motifs is 1. The fourth-order valence-electron chi connectivity index (χ4n) is 3.62. The molecule has 2 aromatic carbocycles. The van der Waals surface area contributed by atoms with Crippen molar-refractivity contribution in [2.24, 2.45) is 0 Å². The number of amides is 1. The van der Waals surface area contributed by atoms with Gasteiger partial charge in [0, 0.05) is 24.5 Å². The molecule has 0 fully saturated rings. The van der Waals surface area contributed by atoms with Crippen LogP contribution in [0, 0.1) is 11.3 Å². The van der Waals surface area contributed by atoms with E-state index >= 15 is 0 Å². The van der Waals surface area contributed by atoms with Gasteiger partial charge in [0.15, 0.2) is 6.61 Å². The van der Waals surface area contributed by atoms with Crippen LogP contribution in [-0.2, 0) is 24.3 Å². The number of hydrogen-bond donors (Lipinski definition) is 1. The normalized spacial score (nSPS) is 12.8. The summed E-state index contributed by atoms with van der Waals surface area (Å²) in [5, 5.41) is 13.2. The molecule has 0 aliphatic carbocycles. The Kier molecular flexibility index (Phi) is 8.12. The number of nitriles is 1. The SMILES string of the molecule is COc1ccc(OCC(=O)Nc2sc3c(c2C#N)CCN(Cc2ccccc2)C3)cc1.Cl. The molecular weight excluding hydrogens is 446 g/mol. The predicted octanol–water partition coefficient (Wildman–Crippen LogP) is 4.63. The van der Waals surface area contributed by atoms with E-state index in [1.165, 1.54) is 16.9 Å². The van der Waals surface area contributed by atoms with Gasteiger partial charge < -0.3 is 14.8 Å². The maximum absolute atomic E-state index is 12.4. The van der Waals surface area contributed by atoms with Crippen LogP contribution in [0.1, 0.15) is 21.6 Å². The Morgan fingerprint density at radius 3 is 2.56 bits per heavy atom. The van der Waals surface area contributed by atoms with Gasteiger partial charge in [-0.05, 0) is 41.8 Å². The van der Waals surface area contributed by atoms with Gasteiger partial charge in [-0.15, -0.1) is 23.7 Å². The highest BCUT2D eigenvalue weighted by atomic mass is 35.5. The predicted molar refractivity (Wildman–Crippen MR) is 128 cm³/mol. The summed E-state index contributed by atoms with van der Waals surface area (Å²) in [6.07, 6.45) is 0.805. The summed E-state index contributed by atoms with van der Waals surface area (Å²) in [6, 6.07) is 19.7. The molecule has 1 aliphatic rings. The van der Waals surface area contributed by atoms with Crippen molar-refractivity contribution in [3.63, 3.8) is 0 Å². The van der Waals surface area contributed by atoms with Crippen molar-refractivity contribution < 1.29 is 14.3 Å². The number of benzene rings is 2. The highest BCUT2D eigenvalue weighted by molar-refractivity contribution is 7.16. The Balaban J connectivity index is 0.00000289. The summed E-state index contributed by atoms with van der Waals surface area (Å²) in [6.45, 7) is 2.42. The third-order valence-electron chi connectivity index (χ3n) is 5.18. The minimum atomic E-state index is -0.285. The summed E-state index contributed by atoms with van der Waals surface area (Å²) in [4.78, 5) is 15.9. The molecule has 1 N–H and O–H groups in total. The highest BCUT2D eigenvalue weighted by Gasteiger charge is 2.25. The smallest absolute Gasteiger partial charge is 0.262 e. The van der Waals surface area contributed by atoms with Crippen LogP contribution in [0.2, 0.25) is 0 Å². The van der Waals surface area contributed by atoms with Gasteiger partial charge in [0.25, 0.3) is 5.91 Å². The molecule has 1 amide bonds. The zero-order valence-electron chi connectivity index (χ0n) is 17.7. The van der Waals surface area contributed by atoms with Crippen LogP contribution < -0.4 is 14.8 Å². The Bertz CT molecular complexity index is 1090. The summed E-state index contributed by atoms with van der Waals surface area (Å²) >= 11 is 1.49. The fourth-order valence-corrected chi connectivity index (χ4v) is 4.88. The molecule has 0 radical (unpaired) electrons. The lowest BCUT2D eigenvalue weighted by Crippen LogP contribution is -2.29. The Labute approximate surface area is 197 Å². The van der Waals surface area contributed by atoms with Gasteiger partial charge in [-0.3, -0.25) is 9.69 Å². The van der Waals surface area contributed by atoms with Crippen LogP contribution in [0.3, 0.4) is 0 Å². The van der Waals surface area contributed by atoms with Gasteiger partial charge in [-0.2, -0.15) is 5.26 Å². The lowest BCUT2D eigenvalue weighted by Gasteiger charge is -2.26. The molecule has 3 aromatic rings. The van der Waals surface area contributed by atoms with Crippen molar-refractivity contribution in [2.75, 3.05) is 25.6 Å². The fraction of sp³-hybridized carbons (Fsp3) is 0.250. The molecule has 6 nitrogen and oxygen atoms in total. The first-order chi connectivity index (χ1) is 15.2. The molecule has 1 aromatic heterocycles. The number of methoxy groups -OCH3 is 1. The van der Waals surface area contributed by atoms with Crippen molar-refractivity contribution in [2.45, 2.75) is 19.5 Å². The van der Waals surface area contributed by atoms with Crippen molar-refractivity contribution in [3.05, 3.63) is 76.2 Å². The first-order valence-electron chi connectivity index (χ1n) is 10.0. The highest BCUT2D eigenvalue weighted by Crippen LogP contribution is 2.37. The lowest BCUT2D eigenvalue weighted by atomic mass is 10.0. The van der Waals surface area contributed by atoms with Crippen LogP contribution in [0.4, 0.5) is 5.00 Å². The number of rotatable bonds is 7. The molecule has 0 unspecified atom stereocenters. The molecular formula is C24H24ClN3O3S. The van der Waals surface area contributed by atoms with E-state index in [9.17, 15) is 10.1 Å². The second-order valence-electron chi connectivity index (χ2n) is 7.28. The van der Waals surface area contributed by atoms with E-state index in [0.29, 0.717) is 16.3 Å². The minimum absolute atomic E-state index is 0. The van der Waals surface area contributed by atoms with Crippen molar-refractivity contribution in [3.8, 4) is 17.6 Å². The van der Waals surface area contributed by atoms with Gasteiger partial charge in [-0.1, -0.05) is 30.3 Å². The number of thiophene rings is 1. The van der Waals surface area contributed by atoms with Crippen LogP contribution >= 0.6 is 23.7 Å². The van der Waals surface area contributed by atoms with E-state index in [2.05, 4.69) is 28.4 Å². The number of hydrogen-bond acceptors (Lipinski definition) is 6. The molecule has 8 heteroatoms. The number of nitrogens with zero attached hydrogens (tertiary/aromatic N) is 2. The van der Waals surface area contributed by atoms with Gasteiger partial charge in [0.2, 0.25) is 0 Å². The lowest BCUT2D eigenvalue weighted by molar-refractivity contribution is -0.118. The molecule has 1 aliphatic heterocycles. The quantitative estimate of drug-likeness (QED) is 0.546. The number of ether oxygens (including phenoxy) is 2. The molecule has 0 saturated carbocycles. The molecule has 0 saturated heterocycles. The summed E-state index contributed by atoms with van der Waals surface area (Å²) in [7, 11) is 1.59. The number of carbonyl (C=O) groups excluding carboxylic acids is 1. The van der Waals surface area contributed by atoms with E-state index < -0.39 is 0 Å². The summed E-state index contributed by atoms with van der Waals surface area (Å²) < 4.78 is 10.7. The molecule has 0 bridgehead atoms. The zero-order valence-corrected chi connectivity index (χ0v) is 19.3. The van der Waals surface area contributed by atoms with E-state index in [-0.39, 0.29) is 24.9 Å². The third-order valence-corrected chi connectivity index (χ3v) is 6.31. The van der Waals surface area contributed by atoms with Crippen molar-refractivity contribution in [1.82, 2.24) is 4.90 Å². The molecule has 0 spiro atoms. The summed E-state index contributed by atoms with van der Waals surface area (Å²) in [5.74, 6) is 1.02. The molecule has 2 heterocycles. The Hall–Kier alpha value is -3.05. The van der Waals surface area contributed by atoms with Crippen molar-refractivity contribution >= 4 is 34.7 Å². The van der Waals surface area contributed by atoms with Gasteiger partial charge in [0.05, 0.1) is 12.7 Å². The van der Waals surface area contributed by atoms with E-state index in [1.807, 2.05) is 18.2 Å². The number of anilines is 1. The maximum atomic E-state index is 12.4. The molecule has 166 valence electrons. The average Bonchev–Trinajstić information content (AvgIpc) is 3.14. The van der Waals surface area contributed by atoms with Crippen LogP contribution in [-0.4, -0.2) is 31.1 Å². The van der Waals surface area contributed by atoms with E-state index in [0.717, 1.165) is 42.2 Å². The standard InChI is InChI=1S/C24H23N3O3S.ClH/c1-29-18-7-9-19(10-8-18)30-16-23(28)26-24-21(13-25)20-11-12-27(15-22(20)31-24)14-17-5-3-2-4-6-17;/h2-10H,11-12,14-16H2,1H3,(H,26,28);1H. The second-order valence-corrected chi connectivity index (χ2v) is 8.38. The van der Waals surface area contributed by atoms with E-state index in [4.69, 9.17) is 9.47 Å². The topological polar surface area (TPSA) is 74.6 Å². The maximum Gasteiger partial charge on any atom is 0.262 e. The monoisotopic (exact) mass is 469 g/mol. The van der Waals surface area contributed by atoms with Gasteiger partial charge >= 0.3 is 0 Å². The Morgan fingerprint density at radius 2 is 1.88 bits per heavy atom. The van der Waals surface area contributed by atoms with Crippen molar-refractivity contribution in [1.29, 1.82) is 5.26 Å². The molecule has 32 heavy (non-hydrogen) atoms. The largest absolute Gasteiger partial charge is 0.497 e. The average molecular weight is 470 g/mol. The van der Waals surface area contributed by atoms with Crippen LogP contribution in [0.15, 0.2) is 54.6 Å². The number of nitrogens with one attached hydrogen (secondary N) is 1. The van der Waals surface area contributed by atoms with Gasteiger partial charge in [0.1, 0.15) is 22.6 Å². The summed E-state index contributed by atoms with van der Waals surface area (Å²) in [5.41, 5.74) is 2.91. The zero-order chi connectivity index (χ0) is 21.6. The Morgan fingerprint density at radius 1 is 1.16 bits per heavy atom. The number of halogens is 1. The second kappa shape index (κ2) is 11.0. The first kappa shape index (κ1) is 23.6. The molecule has 4 rings (SSSR count). The van der Waals surface area contributed by atoms with Crippen LogP contribution in [0.25, 0.3) is 0 Å². The minimum Gasteiger partial charge on any atom is -0.497 e. The van der Waals surface area contributed by atoms with Crippen LogP contribution in [0.5, 0.6) is 11.5 Å². The first-order valence-corrected chi connectivity index (χ1v) is 10.9. The van der Waals surface area contributed by atoms with Gasteiger partial charge in [-0.25, -0.2) is 0 Å². The molecule has 0 atom stereocenters. The number of carbonyl (C=O) groups is 1.